The SMILES string of the molecule is CC(CO)N(C)C(=O)Cc1ccccc1CN. The Morgan fingerprint density at radius 1 is 1.41 bits per heavy atom. The molecule has 1 amide bonds. The lowest BCUT2D eigenvalue weighted by molar-refractivity contribution is -0.131. The van der Waals surface area contributed by atoms with Gasteiger partial charge in [-0.3, -0.25) is 4.79 Å². The average molecular weight is 236 g/mol. The number of aliphatic hydroxyl groups excluding tert-OH is 1. The minimum Gasteiger partial charge on any atom is -0.394 e. The summed E-state index contributed by atoms with van der Waals surface area (Å²) < 4.78 is 0. The van der Waals surface area contributed by atoms with E-state index in [1.165, 1.54) is 0 Å². The molecule has 17 heavy (non-hydrogen) atoms. The maximum absolute atomic E-state index is 12.0. The van der Waals surface area contributed by atoms with E-state index in [1.54, 1.807) is 11.9 Å². The average Bonchev–Trinajstić information content (AvgIpc) is 2.37. The third-order valence-corrected chi connectivity index (χ3v) is 3.00. The molecule has 4 nitrogen and oxygen atoms in total. The molecule has 1 aromatic carbocycles. The summed E-state index contributed by atoms with van der Waals surface area (Å²) in [5.74, 6) is -0.00699. The summed E-state index contributed by atoms with van der Waals surface area (Å²) in [6.07, 6.45) is 0.328. The smallest absolute Gasteiger partial charge is 0.227 e. The number of carbonyl (C=O) groups is 1. The largest absolute Gasteiger partial charge is 0.394 e. The van der Waals surface area contributed by atoms with Crippen molar-refractivity contribution in [2.24, 2.45) is 5.73 Å². The van der Waals surface area contributed by atoms with Crippen molar-refractivity contribution in [2.45, 2.75) is 25.9 Å². The van der Waals surface area contributed by atoms with E-state index in [4.69, 9.17) is 10.8 Å². The first-order valence-electron chi connectivity index (χ1n) is 5.73. The van der Waals surface area contributed by atoms with E-state index in [9.17, 15) is 4.79 Å². The van der Waals surface area contributed by atoms with Crippen LogP contribution in [0.3, 0.4) is 0 Å². The molecule has 0 radical (unpaired) electrons. The molecule has 0 aromatic heterocycles. The first-order valence-corrected chi connectivity index (χ1v) is 5.73. The Labute approximate surface area is 102 Å². The lowest BCUT2D eigenvalue weighted by atomic mass is 10.0. The minimum atomic E-state index is -0.160. The third kappa shape index (κ3) is 3.54. The Morgan fingerprint density at radius 3 is 2.53 bits per heavy atom. The van der Waals surface area contributed by atoms with Gasteiger partial charge in [-0.1, -0.05) is 24.3 Å². The molecule has 1 rings (SSSR count). The second-order valence-electron chi connectivity index (χ2n) is 4.19. The van der Waals surface area contributed by atoms with Crippen molar-refractivity contribution < 1.29 is 9.90 Å². The highest BCUT2D eigenvalue weighted by Gasteiger charge is 2.16. The van der Waals surface area contributed by atoms with Crippen molar-refractivity contribution in [1.29, 1.82) is 0 Å². The molecule has 0 heterocycles. The summed E-state index contributed by atoms with van der Waals surface area (Å²) in [5.41, 5.74) is 7.57. The Hall–Kier alpha value is -1.39. The van der Waals surface area contributed by atoms with Crippen LogP contribution in [0.4, 0.5) is 0 Å². The molecule has 0 aliphatic heterocycles. The van der Waals surface area contributed by atoms with Gasteiger partial charge >= 0.3 is 0 Å². The zero-order chi connectivity index (χ0) is 12.8. The van der Waals surface area contributed by atoms with Crippen molar-refractivity contribution in [2.75, 3.05) is 13.7 Å². The van der Waals surface area contributed by atoms with E-state index in [1.807, 2.05) is 31.2 Å². The topological polar surface area (TPSA) is 66.6 Å². The van der Waals surface area contributed by atoms with Crippen LogP contribution in [0.2, 0.25) is 0 Å². The van der Waals surface area contributed by atoms with Crippen LogP contribution in [0.25, 0.3) is 0 Å². The Bertz CT molecular complexity index is 379. The molecule has 0 aliphatic carbocycles. The van der Waals surface area contributed by atoms with Gasteiger partial charge in [-0.25, -0.2) is 0 Å². The third-order valence-electron chi connectivity index (χ3n) is 3.00. The van der Waals surface area contributed by atoms with Gasteiger partial charge in [0.2, 0.25) is 5.91 Å². The number of rotatable bonds is 5. The fourth-order valence-corrected chi connectivity index (χ4v) is 1.58. The molecule has 3 N–H and O–H groups in total. The van der Waals surface area contributed by atoms with Crippen LogP contribution in [0, 0.1) is 0 Å². The molecule has 4 heteroatoms. The number of hydrogen-bond acceptors (Lipinski definition) is 3. The molecule has 94 valence electrons. The molecule has 0 saturated heterocycles. The van der Waals surface area contributed by atoms with Gasteiger partial charge in [0, 0.05) is 13.6 Å². The summed E-state index contributed by atoms with van der Waals surface area (Å²) in [6.45, 7) is 2.22. The van der Waals surface area contributed by atoms with E-state index in [0.717, 1.165) is 11.1 Å². The second-order valence-corrected chi connectivity index (χ2v) is 4.19. The molecule has 1 atom stereocenters. The molecule has 0 aliphatic rings. The van der Waals surface area contributed by atoms with E-state index in [-0.39, 0.29) is 18.6 Å². The van der Waals surface area contributed by atoms with Gasteiger partial charge in [-0.05, 0) is 18.1 Å². The molecular formula is C13H20N2O2. The number of benzene rings is 1. The molecular weight excluding hydrogens is 216 g/mol. The Kier molecular flexibility index (Phi) is 5.12. The summed E-state index contributed by atoms with van der Waals surface area (Å²) in [7, 11) is 1.70. The summed E-state index contributed by atoms with van der Waals surface area (Å²) in [4.78, 5) is 13.5. The summed E-state index contributed by atoms with van der Waals surface area (Å²) in [5, 5.41) is 9.01. The quantitative estimate of drug-likeness (QED) is 0.783. The lowest BCUT2D eigenvalue weighted by Crippen LogP contribution is -2.38. The van der Waals surface area contributed by atoms with Crippen LogP contribution in [-0.4, -0.2) is 35.6 Å². The van der Waals surface area contributed by atoms with Crippen molar-refractivity contribution >= 4 is 5.91 Å². The molecule has 1 aromatic rings. The van der Waals surface area contributed by atoms with Crippen molar-refractivity contribution in [3.8, 4) is 0 Å². The van der Waals surface area contributed by atoms with Gasteiger partial charge in [0.15, 0.2) is 0 Å². The first-order chi connectivity index (χ1) is 8.10. The van der Waals surface area contributed by atoms with Crippen LogP contribution in [-0.2, 0) is 17.8 Å². The van der Waals surface area contributed by atoms with Crippen molar-refractivity contribution in [3.63, 3.8) is 0 Å². The van der Waals surface area contributed by atoms with E-state index >= 15 is 0 Å². The summed E-state index contributed by atoms with van der Waals surface area (Å²) >= 11 is 0. The van der Waals surface area contributed by atoms with Crippen molar-refractivity contribution in [3.05, 3.63) is 35.4 Å². The fraction of sp³-hybridized carbons (Fsp3) is 0.462. The zero-order valence-electron chi connectivity index (χ0n) is 10.4. The highest BCUT2D eigenvalue weighted by Crippen LogP contribution is 2.10. The van der Waals surface area contributed by atoms with Crippen LogP contribution in [0.1, 0.15) is 18.1 Å². The van der Waals surface area contributed by atoms with Crippen LogP contribution in [0.15, 0.2) is 24.3 Å². The number of hydrogen-bond donors (Lipinski definition) is 2. The minimum absolute atomic E-state index is 0.00699. The maximum atomic E-state index is 12.0. The molecule has 0 spiro atoms. The lowest BCUT2D eigenvalue weighted by Gasteiger charge is -2.23. The zero-order valence-corrected chi connectivity index (χ0v) is 10.4. The van der Waals surface area contributed by atoms with Gasteiger partial charge < -0.3 is 15.7 Å². The van der Waals surface area contributed by atoms with E-state index < -0.39 is 0 Å². The monoisotopic (exact) mass is 236 g/mol. The molecule has 0 saturated carbocycles. The number of aliphatic hydroxyl groups is 1. The number of likely N-dealkylation sites (N-methyl/N-ethyl adjacent to an activating group) is 1. The van der Waals surface area contributed by atoms with Crippen LogP contribution >= 0.6 is 0 Å². The van der Waals surface area contributed by atoms with Crippen molar-refractivity contribution in [1.82, 2.24) is 4.90 Å². The standard InChI is InChI=1S/C13H20N2O2/c1-10(9-16)15(2)13(17)7-11-5-3-4-6-12(11)8-14/h3-6,10,16H,7-9,14H2,1-2H3. The number of carbonyl (C=O) groups excluding carboxylic acids is 1. The Balaban J connectivity index is 2.74. The van der Waals surface area contributed by atoms with Gasteiger partial charge in [-0.15, -0.1) is 0 Å². The molecule has 0 bridgehead atoms. The van der Waals surface area contributed by atoms with Gasteiger partial charge in [0.25, 0.3) is 0 Å². The molecule has 0 fully saturated rings. The van der Waals surface area contributed by atoms with Crippen LogP contribution in [0.5, 0.6) is 0 Å². The second kappa shape index (κ2) is 6.37. The molecule has 1 unspecified atom stereocenters. The van der Waals surface area contributed by atoms with Gasteiger partial charge in [0.05, 0.1) is 19.1 Å². The van der Waals surface area contributed by atoms with Gasteiger partial charge in [-0.2, -0.15) is 0 Å². The highest BCUT2D eigenvalue weighted by atomic mass is 16.3. The predicted octanol–water partition coefficient (Wildman–Crippen LogP) is 0.527. The highest BCUT2D eigenvalue weighted by molar-refractivity contribution is 5.79. The summed E-state index contributed by atoms with van der Waals surface area (Å²) in [6, 6.07) is 7.50. The van der Waals surface area contributed by atoms with Gasteiger partial charge in [0.1, 0.15) is 0 Å². The van der Waals surface area contributed by atoms with Crippen LogP contribution < -0.4 is 5.73 Å². The Morgan fingerprint density at radius 2 is 2.00 bits per heavy atom. The van der Waals surface area contributed by atoms with E-state index in [0.29, 0.717) is 13.0 Å². The number of nitrogens with two attached hydrogens (primary N) is 1. The predicted molar refractivity (Wildman–Crippen MR) is 67.4 cm³/mol. The normalized spacial score (nSPS) is 12.2. The number of nitrogens with zero attached hydrogens (tertiary/aromatic N) is 1. The van der Waals surface area contributed by atoms with E-state index in [2.05, 4.69) is 0 Å². The maximum Gasteiger partial charge on any atom is 0.227 e. The number of amides is 1. The first kappa shape index (κ1) is 13.7. The fourth-order valence-electron chi connectivity index (χ4n) is 1.58.